The minimum absolute atomic E-state index is 0.0420. The van der Waals surface area contributed by atoms with Gasteiger partial charge in [0.05, 0.1) is 10.7 Å². The van der Waals surface area contributed by atoms with Gasteiger partial charge in [0, 0.05) is 24.0 Å². The molecule has 0 saturated heterocycles. The smallest absolute Gasteiger partial charge is 0.489 e. The third kappa shape index (κ3) is 5.35. The van der Waals surface area contributed by atoms with E-state index in [1.165, 1.54) is 30.5 Å². The van der Waals surface area contributed by atoms with Crippen molar-refractivity contribution in [3.63, 3.8) is 0 Å². The van der Waals surface area contributed by atoms with Gasteiger partial charge in [0.25, 0.3) is 5.91 Å². The van der Waals surface area contributed by atoms with Gasteiger partial charge in [-0.1, -0.05) is 11.6 Å². The number of ether oxygens (including phenoxy) is 3. The second-order valence-electron chi connectivity index (χ2n) is 7.32. The molecule has 2 heterocycles. The largest absolute Gasteiger partial charge is 0.507 e. The molecule has 3 aromatic rings. The number of rotatable bonds is 6. The number of nitrogens with zero attached hydrogens (tertiary/aromatic N) is 1. The van der Waals surface area contributed by atoms with Crippen LogP contribution in [0.15, 0.2) is 54.7 Å². The number of nitrogens with two attached hydrogens (primary N) is 1. The van der Waals surface area contributed by atoms with Crippen molar-refractivity contribution in [2.24, 2.45) is 5.73 Å². The molecule has 36 heavy (non-hydrogen) atoms. The summed E-state index contributed by atoms with van der Waals surface area (Å²) in [5.74, 6) is -1.62. The maximum atomic E-state index is 13.4. The van der Waals surface area contributed by atoms with E-state index in [2.05, 4.69) is 25.1 Å². The molecule has 0 atom stereocenters. The van der Waals surface area contributed by atoms with Gasteiger partial charge in [-0.15, -0.1) is 0 Å². The zero-order valence-electron chi connectivity index (χ0n) is 17.9. The Bertz CT molecular complexity index is 1340. The minimum atomic E-state index is -4.89. The fraction of sp³-hybridized carbons (Fsp3) is 0.136. The fourth-order valence-corrected chi connectivity index (χ4v) is 3.20. The van der Waals surface area contributed by atoms with E-state index in [1.807, 2.05) is 0 Å². The molecule has 1 aliphatic rings. The summed E-state index contributed by atoms with van der Waals surface area (Å²) in [7, 11) is 0. The summed E-state index contributed by atoms with van der Waals surface area (Å²) >= 11 is 6.19. The van der Waals surface area contributed by atoms with Crippen molar-refractivity contribution >= 4 is 34.9 Å². The number of alkyl halides is 4. The number of hydrogen-bond acceptors (Lipinski definition) is 6. The minimum Gasteiger partial charge on any atom is -0.489 e. The lowest BCUT2D eigenvalue weighted by molar-refractivity contribution is -0.391. The number of nitrogens with one attached hydrogen (secondary N) is 2. The number of amides is 3. The number of benzene rings is 2. The van der Waals surface area contributed by atoms with Crippen LogP contribution in [-0.2, 0) is 6.61 Å². The lowest BCUT2D eigenvalue weighted by Gasteiger charge is -2.31. The van der Waals surface area contributed by atoms with Crippen molar-refractivity contribution in [2.75, 3.05) is 10.6 Å². The normalized spacial score (nSPS) is 15.0. The number of urea groups is 1. The van der Waals surface area contributed by atoms with Crippen LogP contribution in [0, 0.1) is 0 Å². The van der Waals surface area contributed by atoms with Crippen molar-refractivity contribution in [1.82, 2.24) is 4.98 Å². The average molecular weight is 527 g/mol. The van der Waals surface area contributed by atoms with E-state index in [1.54, 1.807) is 6.07 Å². The number of fused-ring (bicyclic) bond motifs is 1. The molecular formula is C22H15ClF4N4O5. The molecule has 0 saturated carbocycles. The maximum Gasteiger partial charge on any atom is 0.507 e. The predicted octanol–water partition coefficient (Wildman–Crippen LogP) is 5.01. The molecule has 4 N–H and O–H groups in total. The van der Waals surface area contributed by atoms with E-state index < -0.39 is 35.7 Å². The predicted molar refractivity (Wildman–Crippen MR) is 119 cm³/mol. The number of carbonyl (C=O) groups excluding carboxylic acids is 2. The number of carbonyl (C=O) groups is 2. The first-order valence-corrected chi connectivity index (χ1v) is 10.3. The molecule has 2 aromatic carbocycles. The number of aromatic nitrogens is 1. The first kappa shape index (κ1) is 24.9. The van der Waals surface area contributed by atoms with Gasteiger partial charge in [0.2, 0.25) is 0 Å². The molecule has 0 aliphatic carbocycles. The van der Waals surface area contributed by atoms with Gasteiger partial charge < -0.3 is 30.6 Å². The van der Waals surface area contributed by atoms with E-state index in [0.29, 0.717) is 11.3 Å². The highest BCUT2D eigenvalue weighted by Crippen LogP contribution is 2.47. The number of hydrogen-bond donors (Lipinski definition) is 3. The third-order valence-electron chi connectivity index (χ3n) is 4.69. The van der Waals surface area contributed by atoms with Crippen LogP contribution in [0.3, 0.4) is 0 Å². The second kappa shape index (κ2) is 9.41. The second-order valence-corrected chi connectivity index (χ2v) is 7.73. The van der Waals surface area contributed by atoms with Gasteiger partial charge in [-0.3, -0.25) is 9.78 Å². The van der Waals surface area contributed by atoms with Gasteiger partial charge in [-0.25, -0.2) is 4.79 Å². The summed E-state index contributed by atoms with van der Waals surface area (Å²) in [4.78, 5) is 27.4. The third-order valence-corrected chi connectivity index (χ3v) is 5.00. The molecule has 3 amide bonds. The quantitative estimate of drug-likeness (QED) is 0.388. The van der Waals surface area contributed by atoms with Crippen molar-refractivity contribution in [2.45, 2.75) is 18.8 Å². The molecule has 188 valence electrons. The Balaban J connectivity index is 1.37. The summed E-state index contributed by atoms with van der Waals surface area (Å²) in [5.41, 5.74) is 6.06. The zero-order valence-corrected chi connectivity index (χ0v) is 18.6. The number of primary amides is 1. The van der Waals surface area contributed by atoms with Gasteiger partial charge in [-0.2, -0.15) is 17.6 Å². The van der Waals surface area contributed by atoms with E-state index in [0.717, 1.165) is 18.2 Å². The average Bonchev–Trinajstić information content (AvgIpc) is 2.80. The summed E-state index contributed by atoms with van der Waals surface area (Å²) in [5, 5.41) is 4.90. The summed E-state index contributed by atoms with van der Waals surface area (Å²) in [6.45, 7) is 0.0848. The maximum absolute atomic E-state index is 13.4. The van der Waals surface area contributed by atoms with Crippen molar-refractivity contribution in [1.29, 1.82) is 0 Å². The van der Waals surface area contributed by atoms with Crippen LogP contribution < -0.4 is 30.6 Å². The van der Waals surface area contributed by atoms with Gasteiger partial charge >= 0.3 is 18.2 Å². The molecule has 0 bridgehead atoms. The molecule has 4 rings (SSSR count). The van der Waals surface area contributed by atoms with E-state index in [4.69, 9.17) is 22.1 Å². The summed E-state index contributed by atoms with van der Waals surface area (Å²) in [6.07, 6.45) is -8.32. The molecule has 1 aliphatic heterocycles. The van der Waals surface area contributed by atoms with Gasteiger partial charge in [0.15, 0.2) is 11.5 Å². The lowest BCUT2D eigenvalue weighted by atomic mass is 10.2. The Kier molecular flexibility index (Phi) is 6.50. The highest BCUT2D eigenvalue weighted by atomic mass is 35.5. The van der Waals surface area contributed by atoms with Crippen LogP contribution in [0.25, 0.3) is 0 Å². The topological polar surface area (TPSA) is 125 Å². The van der Waals surface area contributed by atoms with Crippen LogP contribution in [0.1, 0.15) is 16.1 Å². The summed E-state index contributed by atoms with van der Waals surface area (Å²) in [6, 6.07) is 9.71. The molecule has 0 fully saturated rings. The molecule has 0 unspecified atom stereocenters. The SMILES string of the molecule is NC(=O)c1cc(COc2ccc(NC(=O)Nc3ccc4c(c3)OC(F)(F)C(F)(F)O4)c(Cl)c2)ccn1. The molecule has 14 heteroatoms. The number of pyridine rings is 1. The molecule has 1 aromatic heterocycles. The Hall–Kier alpha value is -4.26. The Morgan fingerprint density at radius 3 is 2.39 bits per heavy atom. The zero-order chi connectivity index (χ0) is 26.1. The molecule has 9 nitrogen and oxygen atoms in total. The van der Waals surface area contributed by atoms with Crippen LogP contribution in [-0.4, -0.2) is 29.1 Å². The van der Waals surface area contributed by atoms with Crippen LogP contribution in [0.5, 0.6) is 17.2 Å². The van der Waals surface area contributed by atoms with Gasteiger partial charge in [0.1, 0.15) is 18.1 Å². The molecular weight excluding hydrogens is 512 g/mol. The monoisotopic (exact) mass is 526 g/mol. The number of anilines is 2. The molecule has 0 radical (unpaired) electrons. The van der Waals surface area contributed by atoms with E-state index >= 15 is 0 Å². The van der Waals surface area contributed by atoms with Crippen molar-refractivity contribution < 1.29 is 41.4 Å². The van der Waals surface area contributed by atoms with E-state index in [-0.39, 0.29) is 28.7 Å². The Morgan fingerprint density at radius 2 is 1.69 bits per heavy atom. The highest BCUT2D eigenvalue weighted by molar-refractivity contribution is 6.34. The Labute approximate surface area is 205 Å². The standard InChI is InChI=1S/C22H15ClF4N4O5/c23-14-9-13(34-10-11-5-6-29-16(7-11)19(28)32)2-3-15(14)31-20(33)30-12-1-4-17-18(8-12)36-22(26,27)21(24,25)35-17/h1-9H,10H2,(H2,28,32)(H2,30,31,33). The molecule has 0 spiro atoms. The first-order valence-electron chi connectivity index (χ1n) is 9.96. The van der Waals surface area contributed by atoms with E-state index in [9.17, 15) is 27.2 Å². The lowest BCUT2D eigenvalue weighted by Crippen LogP contribution is -2.52. The van der Waals surface area contributed by atoms with Crippen LogP contribution in [0.4, 0.5) is 33.7 Å². The Morgan fingerprint density at radius 1 is 0.972 bits per heavy atom. The van der Waals surface area contributed by atoms with Crippen molar-refractivity contribution in [3.05, 3.63) is 71.0 Å². The van der Waals surface area contributed by atoms with Crippen LogP contribution >= 0.6 is 11.6 Å². The summed E-state index contributed by atoms with van der Waals surface area (Å²) < 4.78 is 66.9. The highest BCUT2D eigenvalue weighted by Gasteiger charge is 2.65. The van der Waals surface area contributed by atoms with Crippen molar-refractivity contribution in [3.8, 4) is 17.2 Å². The number of halogens is 5. The fourth-order valence-electron chi connectivity index (χ4n) is 2.98. The first-order chi connectivity index (χ1) is 16.9. The van der Waals surface area contributed by atoms with Gasteiger partial charge in [-0.05, 0) is 42.0 Å². The van der Waals surface area contributed by atoms with Crippen LogP contribution in [0.2, 0.25) is 5.02 Å².